The molecule has 1 aromatic carbocycles. The van der Waals surface area contributed by atoms with Gasteiger partial charge in [0.15, 0.2) is 0 Å². The van der Waals surface area contributed by atoms with E-state index >= 15 is 0 Å². The molecule has 0 spiro atoms. The topological polar surface area (TPSA) is 46.9 Å². The fraction of sp³-hybridized carbons (Fsp3) is 0.300. The van der Waals surface area contributed by atoms with Crippen LogP contribution < -0.4 is 5.32 Å². The Morgan fingerprint density at radius 3 is 2.70 bits per heavy atom. The van der Waals surface area contributed by atoms with E-state index in [2.05, 4.69) is 36.4 Å². The number of benzene rings is 1. The van der Waals surface area contributed by atoms with Crippen LogP contribution in [0.2, 0.25) is 9.36 Å². The van der Waals surface area contributed by atoms with E-state index in [1.807, 2.05) is 12.1 Å². The molecule has 2 aromatic heterocycles. The average Bonchev–Trinajstić information content (AvgIpc) is 3.18. The normalized spacial score (nSPS) is 12.2. The lowest BCUT2D eigenvalue weighted by Crippen LogP contribution is -2.35. The number of hydrogen-bond acceptors (Lipinski definition) is 3. The predicted molar refractivity (Wildman–Crippen MR) is 113 cm³/mol. The first kappa shape index (κ1) is 19.9. The van der Waals surface area contributed by atoms with Crippen molar-refractivity contribution in [3.05, 3.63) is 61.9 Å². The van der Waals surface area contributed by atoms with Gasteiger partial charge in [-0.2, -0.15) is 5.10 Å². The van der Waals surface area contributed by atoms with Crippen LogP contribution in [0.15, 0.2) is 36.5 Å². The van der Waals surface area contributed by atoms with Crippen LogP contribution in [0.5, 0.6) is 0 Å². The summed E-state index contributed by atoms with van der Waals surface area (Å²) in [7, 11) is 1.80. The number of halogens is 2. The van der Waals surface area contributed by atoms with Crippen molar-refractivity contribution in [2.75, 3.05) is 0 Å². The van der Waals surface area contributed by atoms with Crippen molar-refractivity contribution >= 4 is 40.4 Å². The maximum Gasteiger partial charge on any atom is 0.261 e. The molecule has 0 fully saturated rings. The largest absolute Gasteiger partial charge is 0.348 e. The summed E-state index contributed by atoms with van der Waals surface area (Å²) in [6, 6.07) is 10.1. The SMILES string of the molecule is CC[C@H](Cc1ccccc1C)NC(=O)c1cc(-c2c(Cl)cnn2C)c(Cl)s1. The second-order valence-electron chi connectivity index (χ2n) is 6.47. The van der Waals surface area contributed by atoms with Crippen molar-refractivity contribution < 1.29 is 4.79 Å². The summed E-state index contributed by atoms with van der Waals surface area (Å²) in [6.45, 7) is 4.16. The molecule has 1 N–H and O–H groups in total. The van der Waals surface area contributed by atoms with Crippen molar-refractivity contribution in [3.8, 4) is 11.3 Å². The van der Waals surface area contributed by atoms with Crippen LogP contribution in [0.3, 0.4) is 0 Å². The van der Waals surface area contributed by atoms with E-state index < -0.39 is 0 Å². The van der Waals surface area contributed by atoms with E-state index in [1.165, 1.54) is 22.5 Å². The lowest BCUT2D eigenvalue weighted by molar-refractivity contribution is 0.0940. The first-order chi connectivity index (χ1) is 12.9. The van der Waals surface area contributed by atoms with Gasteiger partial charge in [-0.05, 0) is 37.0 Å². The number of rotatable bonds is 6. The van der Waals surface area contributed by atoms with E-state index in [9.17, 15) is 4.79 Å². The monoisotopic (exact) mass is 421 g/mol. The van der Waals surface area contributed by atoms with Gasteiger partial charge in [-0.15, -0.1) is 11.3 Å². The van der Waals surface area contributed by atoms with Crippen LogP contribution >= 0.6 is 34.5 Å². The molecule has 7 heteroatoms. The molecule has 1 amide bonds. The molecule has 4 nitrogen and oxygen atoms in total. The van der Waals surface area contributed by atoms with Crippen LogP contribution in [0.25, 0.3) is 11.3 Å². The summed E-state index contributed by atoms with van der Waals surface area (Å²) in [5.74, 6) is -0.119. The first-order valence-corrected chi connectivity index (χ1v) is 10.3. The minimum Gasteiger partial charge on any atom is -0.348 e. The lowest BCUT2D eigenvalue weighted by Gasteiger charge is -2.17. The molecule has 0 saturated carbocycles. The third kappa shape index (κ3) is 4.37. The number of amides is 1. The Balaban J connectivity index is 1.78. The Morgan fingerprint density at radius 1 is 1.33 bits per heavy atom. The van der Waals surface area contributed by atoms with Crippen molar-refractivity contribution in [1.29, 1.82) is 0 Å². The third-order valence-corrected chi connectivity index (χ3v) is 6.25. The first-order valence-electron chi connectivity index (χ1n) is 8.73. The van der Waals surface area contributed by atoms with Gasteiger partial charge in [0.05, 0.1) is 21.8 Å². The number of carbonyl (C=O) groups is 1. The Labute approximate surface area is 173 Å². The van der Waals surface area contributed by atoms with E-state index in [0.717, 1.165) is 18.4 Å². The molecule has 3 rings (SSSR count). The van der Waals surface area contributed by atoms with Crippen molar-refractivity contribution in [2.24, 2.45) is 7.05 Å². The van der Waals surface area contributed by atoms with Gasteiger partial charge in [0.1, 0.15) is 4.34 Å². The van der Waals surface area contributed by atoms with E-state index in [4.69, 9.17) is 23.2 Å². The van der Waals surface area contributed by atoms with E-state index in [0.29, 0.717) is 19.9 Å². The second kappa shape index (κ2) is 8.46. The highest BCUT2D eigenvalue weighted by atomic mass is 35.5. The Bertz CT molecular complexity index is 945. The number of thiophene rings is 1. The van der Waals surface area contributed by atoms with Gasteiger partial charge < -0.3 is 5.32 Å². The Hall–Kier alpha value is -1.82. The van der Waals surface area contributed by atoms with Crippen molar-refractivity contribution in [2.45, 2.75) is 32.7 Å². The zero-order valence-electron chi connectivity index (χ0n) is 15.4. The third-order valence-electron chi connectivity index (χ3n) is 4.62. The smallest absolute Gasteiger partial charge is 0.261 e. The van der Waals surface area contributed by atoms with Crippen LogP contribution in [0.1, 0.15) is 34.1 Å². The fourth-order valence-corrected chi connectivity index (χ4v) is 4.46. The predicted octanol–water partition coefficient (Wildman–Crippen LogP) is 5.51. The quantitative estimate of drug-likeness (QED) is 0.569. The minimum absolute atomic E-state index is 0.0585. The lowest BCUT2D eigenvalue weighted by atomic mass is 9.99. The fourth-order valence-electron chi connectivity index (χ4n) is 3.01. The standard InChI is InChI=1S/C20H21Cl2N3OS/c1-4-14(9-13-8-6-5-7-12(13)2)24-20(26)17-10-15(19(22)27-17)18-16(21)11-23-25(18)3/h5-8,10-11,14H,4,9H2,1-3H3,(H,24,26)/t14-/m1/s1. The molecule has 142 valence electrons. The highest BCUT2D eigenvalue weighted by Gasteiger charge is 2.21. The van der Waals surface area contributed by atoms with E-state index in [1.54, 1.807) is 24.0 Å². The number of nitrogens with one attached hydrogen (secondary N) is 1. The minimum atomic E-state index is -0.119. The van der Waals surface area contributed by atoms with E-state index in [-0.39, 0.29) is 11.9 Å². The number of nitrogens with zero attached hydrogens (tertiary/aromatic N) is 2. The molecule has 0 saturated heterocycles. The van der Waals surface area contributed by atoms with Crippen LogP contribution in [0.4, 0.5) is 0 Å². The van der Waals surface area contributed by atoms with Crippen LogP contribution in [-0.4, -0.2) is 21.7 Å². The zero-order chi connectivity index (χ0) is 19.6. The van der Waals surface area contributed by atoms with Gasteiger partial charge >= 0.3 is 0 Å². The van der Waals surface area contributed by atoms with Gasteiger partial charge in [-0.1, -0.05) is 54.4 Å². The highest BCUT2D eigenvalue weighted by Crippen LogP contribution is 2.38. The zero-order valence-corrected chi connectivity index (χ0v) is 17.8. The molecule has 1 atom stereocenters. The summed E-state index contributed by atoms with van der Waals surface area (Å²) in [5.41, 5.74) is 3.92. The summed E-state index contributed by atoms with van der Waals surface area (Å²) >= 11 is 13.9. The highest BCUT2D eigenvalue weighted by molar-refractivity contribution is 7.18. The Kier molecular flexibility index (Phi) is 6.25. The molecule has 2 heterocycles. The maximum absolute atomic E-state index is 12.8. The molecular formula is C20H21Cl2N3OS. The summed E-state index contributed by atoms with van der Waals surface area (Å²) < 4.78 is 2.18. The van der Waals surface area contributed by atoms with Gasteiger partial charge in [0.2, 0.25) is 0 Å². The van der Waals surface area contributed by atoms with Gasteiger partial charge in [-0.3, -0.25) is 9.48 Å². The molecule has 3 aromatic rings. The number of carbonyl (C=O) groups excluding carboxylic acids is 1. The molecule has 0 aliphatic heterocycles. The molecule has 0 aliphatic carbocycles. The summed E-state index contributed by atoms with van der Waals surface area (Å²) in [4.78, 5) is 13.3. The van der Waals surface area contributed by atoms with Gasteiger partial charge in [0.25, 0.3) is 5.91 Å². The van der Waals surface area contributed by atoms with Gasteiger partial charge in [-0.25, -0.2) is 0 Å². The van der Waals surface area contributed by atoms with Crippen molar-refractivity contribution in [3.63, 3.8) is 0 Å². The van der Waals surface area contributed by atoms with Crippen LogP contribution in [-0.2, 0) is 13.5 Å². The molecule has 27 heavy (non-hydrogen) atoms. The average molecular weight is 422 g/mol. The van der Waals surface area contributed by atoms with Gasteiger partial charge in [0, 0.05) is 18.7 Å². The van der Waals surface area contributed by atoms with Crippen LogP contribution in [0, 0.1) is 6.92 Å². The summed E-state index contributed by atoms with van der Waals surface area (Å²) in [6.07, 6.45) is 3.22. The molecule has 0 unspecified atom stereocenters. The maximum atomic E-state index is 12.8. The number of hydrogen-bond donors (Lipinski definition) is 1. The molecular weight excluding hydrogens is 401 g/mol. The summed E-state index contributed by atoms with van der Waals surface area (Å²) in [5, 5.41) is 7.78. The molecule has 0 aliphatic rings. The van der Waals surface area contributed by atoms with Crippen molar-refractivity contribution in [1.82, 2.24) is 15.1 Å². The second-order valence-corrected chi connectivity index (χ2v) is 8.53. The molecule has 0 radical (unpaired) electrons. The number of aryl methyl sites for hydroxylation is 2. The number of aromatic nitrogens is 2. The Morgan fingerprint density at radius 2 is 2.07 bits per heavy atom. The molecule has 0 bridgehead atoms.